The van der Waals surface area contributed by atoms with Gasteiger partial charge in [0.05, 0.1) is 6.61 Å². The van der Waals surface area contributed by atoms with E-state index in [1.54, 1.807) is 0 Å². The first kappa shape index (κ1) is 13.3. The predicted molar refractivity (Wildman–Crippen MR) is 70.2 cm³/mol. The molecule has 0 spiro atoms. The molecule has 1 saturated carbocycles. The minimum Gasteiger partial charge on any atom is -0.395 e. The maximum Gasteiger partial charge on any atom is 0.0597 e. The zero-order valence-electron chi connectivity index (χ0n) is 11.4. The normalized spacial score (nSPS) is 33.9. The molecule has 4 nitrogen and oxygen atoms in total. The average molecular weight is 241 g/mol. The van der Waals surface area contributed by atoms with Crippen LogP contribution in [-0.4, -0.2) is 72.4 Å². The Balaban J connectivity index is 1.80. The van der Waals surface area contributed by atoms with Gasteiger partial charge < -0.3 is 10.4 Å². The molecule has 1 saturated heterocycles. The summed E-state index contributed by atoms with van der Waals surface area (Å²) in [5.74, 6) is 0. The van der Waals surface area contributed by atoms with Crippen LogP contribution in [0.3, 0.4) is 0 Å². The monoisotopic (exact) mass is 241 g/mol. The quantitative estimate of drug-likeness (QED) is 0.717. The fourth-order valence-electron chi connectivity index (χ4n) is 2.72. The van der Waals surface area contributed by atoms with Gasteiger partial charge in [0.1, 0.15) is 0 Å². The van der Waals surface area contributed by atoms with Gasteiger partial charge in [0.25, 0.3) is 0 Å². The van der Waals surface area contributed by atoms with E-state index in [1.807, 2.05) is 0 Å². The number of nitrogens with one attached hydrogen (secondary N) is 1. The summed E-state index contributed by atoms with van der Waals surface area (Å²) in [6.45, 7) is 8.03. The van der Waals surface area contributed by atoms with Crippen LogP contribution in [0.1, 0.15) is 26.7 Å². The predicted octanol–water partition coefficient (Wildman–Crippen LogP) is 0.124. The third-order valence-electron chi connectivity index (χ3n) is 4.18. The summed E-state index contributed by atoms with van der Waals surface area (Å²) in [6, 6.07) is 2.15. The van der Waals surface area contributed by atoms with E-state index in [0.29, 0.717) is 18.1 Å². The van der Waals surface area contributed by atoms with Gasteiger partial charge in [0, 0.05) is 43.8 Å². The molecule has 0 aromatic carbocycles. The number of aliphatic hydroxyl groups is 1. The van der Waals surface area contributed by atoms with E-state index < -0.39 is 0 Å². The van der Waals surface area contributed by atoms with Crippen LogP contribution in [0, 0.1) is 0 Å². The van der Waals surface area contributed by atoms with Crippen LogP contribution < -0.4 is 5.32 Å². The van der Waals surface area contributed by atoms with Crippen molar-refractivity contribution in [2.24, 2.45) is 0 Å². The maximum absolute atomic E-state index is 9.42. The second kappa shape index (κ2) is 5.65. The van der Waals surface area contributed by atoms with Gasteiger partial charge in [-0.1, -0.05) is 0 Å². The molecule has 3 atom stereocenters. The number of nitrogens with zero attached hydrogens (tertiary/aromatic N) is 2. The first-order valence-corrected chi connectivity index (χ1v) is 6.91. The summed E-state index contributed by atoms with van der Waals surface area (Å²) < 4.78 is 0. The van der Waals surface area contributed by atoms with Crippen molar-refractivity contribution >= 4 is 0 Å². The van der Waals surface area contributed by atoms with E-state index in [0.717, 1.165) is 19.6 Å². The summed E-state index contributed by atoms with van der Waals surface area (Å²) in [7, 11) is 2.21. The minimum absolute atomic E-state index is 0.255. The van der Waals surface area contributed by atoms with Crippen LogP contribution in [-0.2, 0) is 0 Å². The highest BCUT2D eigenvalue weighted by Crippen LogP contribution is 2.20. The molecule has 1 aliphatic carbocycles. The molecule has 2 rings (SSSR count). The first-order chi connectivity index (χ1) is 8.10. The van der Waals surface area contributed by atoms with Crippen molar-refractivity contribution in [1.82, 2.24) is 15.1 Å². The molecule has 0 aromatic rings. The summed E-state index contributed by atoms with van der Waals surface area (Å²) in [5.41, 5.74) is 0. The number of rotatable bonds is 5. The highest BCUT2D eigenvalue weighted by Gasteiger charge is 2.29. The van der Waals surface area contributed by atoms with Crippen LogP contribution in [0.4, 0.5) is 0 Å². The lowest BCUT2D eigenvalue weighted by Crippen LogP contribution is -2.57. The molecule has 2 N–H and O–H groups in total. The number of piperazine rings is 1. The minimum atomic E-state index is 0.255. The average Bonchev–Trinajstić information content (AvgIpc) is 3.08. The van der Waals surface area contributed by atoms with Crippen LogP contribution >= 0.6 is 0 Å². The molecular formula is C13H27N3O. The van der Waals surface area contributed by atoms with Gasteiger partial charge in [-0.25, -0.2) is 0 Å². The van der Waals surface area contributed by atoms with E-state index in [1.165, 1.54) is 12.8 Å². The molecule has 1 heterocycles. The molecule has 0 bridgehead atoms. The molecule has 1 aliphatic heterocycles. The van der Waals surface area contributed by atoms with Crippen molar-refractivity contribution in [3.05, 3.63) is 0 Å². The molecular weight excluding hydrogens is 214 g/mol. The van der Waals surface area contributed by atoms with Gasteiger partial charge in [-0.3, -0.25) is 9.80 Å². The summed E-state index contributed by atoms with van der Waals surface area (Å²) in [5, 5.41) is 12.9. The lowest BCUT2D eigenvalue weighted by Gasteiger charge is -2.43. The molecule has 0 radical (unpaired) electrons. The number of hydrogen-bond acceptors (Lipinski definition) is 4. The van der Waals surface area contributed by atoms with Gasteiger partial charge in [0.2, 0.25) is 0 Å². The summed E-state index contributed by atoms with van der Waals surface area (Å²) >= 11 is 0. The van der Waals surface area contributed by atoms with Crippen LogP contribution in [0.5, 0.6) is 0 Å². The van der Waals surface area contributed by atoms with Crippen LogP contribution in [0.15, 0.2) is 0 Å². The zero-order chi connectivity index (χ0) is 12.4. The Labute approximate surface area is 105 Å². The topological polar surface area (TPSA) is 38.7 Å². The molecule has 2 aliphatic rings. The zero-order valence-corrected chi connectivity index (χ0v) is 11.4. The molecule has 3 unspecified atom stereocenters. The maximum atomic E-state index is 9.42. The fraction of sp³-hybridized carbons (Fsp3) is 1.00. The molecule has 17 heavy (non-hydrogen) atoms. The Morgan fingerprint density at radius 2 is 1.82 bits per heavy atom. The lowest BCUT2D eigenvalue weighted by molar-refractivity contribution is 0.0488. The Morgan fingerprint density at radius 1 is 1.24 bits per heavy atom. The van der Waals surface area contributed by atoms with Gasteiger partial charge in [-0.05, 0) is 33.7 Å². The smallest absolute Gasteiger partial charge is 0.0597 e. The molecule has 4 heteroatoms. The SMILES string of the molecule is CC1CN(CC(CO)NC2CC2)CC(C)N1C. The van der Waals surface area contributed by atoms with Crippen LogP contribution in [0.2, 0.25) is 0 Å². The third kappa shape index (κ3) is 3.65. The second-order valence-electron chi connectivity index (χ2n) is 5.90. The van der Waals surface area contributed by atoms with E-state index >= 15 is 0 Å². The molecule has 0 aromatic heterocycles. The highest BCUT2D eigenvalue weighted by molar-refractivity contribution is 4.89. The van der Waals surface area contributed by atoms with Gasteiger partial charge in [0.15, 0.2) is 0 Å². The molecule has 100 valence electrons. The second-order valence-corrected chi connectivity index (χ2v) is 5.90. The fourth-order valence-corrected chi connectivity index (χ4v) is 2.72. The van der Waals surface area contributed by atoms with E-state index in [2.05, 4.69) is 36.0 Å². The Kier molecular flexibility index (Phi) is 4.42. The van der Waals surface area contributed by atoms with Crippen molar-refractivity contribution in [2.75, 3.05) is 33.3 Å². The number of likely N-dealkylation sites (N-methyl/N-ethyl adjacent to an activating group) is 1. The van der Waals surface area contributed by atoms with Crippen molar-refractivity contribution in [1.29, 1.82) is 0 Å². The van der Waals surface area contributed by atoms with Gasteiger partial charge in [-0.15, -0.1) is 0 Å². The highest BCUT2D eigenvalue weighted by atomic mass is 16.3. The standard InChI is InChI=1S/C13H27N3O/c1-10-6-16(7-11(2)15(10)3)8-13(9-17)14-12-4-5-12/h10-14,17H,4-9H2,1-3H3. The van der Waals surface area contributed by atoms with Crippen molar-refractivity contribution in [3.8, 4) is 0 Å². The van der Waals surface area contributed by atoms with Crippen molar-refractivity contribution in [2.45, 2.75) is 50.9 Å². The Bertz CT molecular complexity index is 233. The van der Waals surface area contributed by atoms with E-state index in [9.17, 15) is 5.11 Å². The van der Waals surface area contributed by atoms with Crippen molar-refractivity contribution in [3.63, 3.8) is 0 Å². The Hall–Kier alpha value is -0.160. The van der Waals surface area contributed by atoms with Gasteiger partial charge >= 0.3 is 0 Å². The lowest BCUT2D eigenvalue weighted by atomic mass is 10.1. The number of aliphatic hydroxyl groups excluding tert-OH is 1. The summed E-state index contributed by atoms with van der Waals surface area (Å²) in [4.78, 5) is 4.93. The van der Waals surface area contributed by atoms with Gasteiger partial charge in [-0.2, -0.15) is 0 Å². The first-order valence-electron chi connectivity index (χ1n) is 6.91. The largest absolute Gasteiger partial charge is 0.395 e. The van der Waals surface area contributed by atoms with Crippen LogP contribution in [0.25, 0.3) is 0 Å². The molecule has 2 fully saturated rings. The van der Waals surface area contributed by atoms with E-state index in [-0.39, 0.29) is 12.6 Å². The van der Waals surface area contributed by atoms with Crippen molar-refractivity contribution < 1.29 is 5.11 Å². The van der Waals surface area contributed by atoms with E-state index in [4.69, 9.17) is 0 Å². The molecule has 0 amide bonds. The summed E-state index contributed by atoms with van der Waals surface area (Å²) in [6.07, 6.45) is 2.57. The number of hydrogen-bond donors (Lipinski definition) is 2. The third-order valence-corrected chi connectivity index (χ3v) is 4.18. The Morgan fingerprint density at radius 3 is 2.29 bits per heavy atom.